The lowest BCUT2D eigenvalue weighted by Gasteiger charge is -2.04. The molecule has 0 fully saturated rings. The lowest BCUT2D eigenvalue weighted by atomic mass is 10.1. The lowest BCUT2D eigenvalue weighted by Crippen LogP contribution is -2.33. The van der Waals surface area contributed by atoms with Crippen LogP contribution < -0.4 is 4.57 Å². The molecule has 0 saturated heterocycles. The van der Waals surface area contributed by atoms with Crippen LogP contribution in [0.25, 0.3) is 22.6 Å². The molecule has 0 N–H and O–H groups in total. The van der Waals surface area contributed by atoms with Crippen LogP contribution in [0.3, 0.4) is 0 Å². The molecule has 1 aliphatic carbocycles. The molecule has 0 bridgehead atoms. The average molecular weight is 288 g/mol. The highest BCUT2D eigenvalue weighted by molar-refractivity contribution is 5.73. The summed E-state index contributed by atoms with van der Waals surface area (Å²) in [5, 5.41) is 0. The molecule has 0 aliphatic heterocycles. The maximum Gasteiger partial charge on any atom is 0.331 e. The Kier molecular flexibility index (Phi) is 2.83. The fourth-order valence-electron chi connectivity index (χ4n) is 3.19. The summed E-state index contributed by atoms with van der Waals surface area (Å²) in [7, 11) is 2.07. The predicted octanol–water partition coefficient (Wildman–Crippen LogP) is 3.16. The minimum absolute atomic E-state index is 0.876. The van der Waals surface area contributed by atoms with E-state index < -0.39 is 0 Å². The second-order valence-electron chi connectivity index (χ2n) is 5.99. The number of nitrogens with zero attached hydrogens (tertiary/aromatic N) is 3. The molecule has 108 valence electrons. The second kappa shape index (κ2) is 4.73. The van der Waals surface area contributed by atoms with Gasteiger partial charge in [-0.3, -0.25) is 4.98 Å². The van der Waals surface area contributed by atoms with Crippen molar-refractivity contribution >= 4 is 0 Å². The minimum atomic E-state index is 0.876. The van der Waals surface area contributed by atoms with Crippen LogP contribution in [0, 0.1) is 13.8 Å². The van der Waals surface area contributed by atoms with Crippen LogP contribution in [-0.4, -0.2) is 9.97 Å². The van der Waals surface area contributed by atoms with E-state index in [0.29, 0.717) is 0 Å². The van der Waals surface area contributed by atoms with Crippen LogP contribution >= 0.6 is 0 Å². The first-order chi connectivity index (χ1) is 10.6. The fraction of sp³-hybridized carbons (Fsp3) is 0.211. The molecule has 1 aromatic carbocycles. The third-order valence-corrected chi connectivity index (χ3v) is 4.32. The summed E-state index contributed by atoms with van der Waals surface area (Å²) in [5.74, 6) is 1.00. The number of hydrogen-bond acceptors (Lipinski definition) is 2. The number of pyridine rings is 1. The molecule has 2 aromatic heterocycles. The third-order valence-electron chi connectivity index (χ3n) is 4.32. The van der Waals surface area contributed by atoms with Crippen LogP contribution in [0.4, 0.5) is 0 Å². The Labute approximate surface area is 130 Å². The Morgan fingerprint density at radius 3 is 2.59 bits per heavy atom. The number of aryl methyl sites for hydroxylation is 3. The molecule has 0 amide bonds. The standard InChI is InChI=1S/C19H18N3/c1-12-6-4-5-7-15(12)19-21-18-14(11-22(19)3)10-17-16(18)9-8-13(2)20-17/h4-9,11H,10H2,1-3H3/q+1. The van der Waals surface area contributed by atoms with Gasteiger partial charge in [0.15, 0.2) is 5.69 Å². The predicted molar refractivity (Wildman–Crippen MR) is 86.4 cm³/mol. The molecule has 3 aromatic rings. The Morgan fingerprint density at radius 2 is 1.77 bits per heavy atom. The van der Waals surface area contributed by atoms with Gasteiger partial charge in [0.1, 0.15) is 0 Å². The normalized spacial score (nSPS) is 12.1. The molecular weight excluding hydrogens is 270 g/mol. The van der Waals surface area contributed by atoms with Gasteiger partial charge in [0, 0.05) is 23.2 Å². The highest BCUT2D eigenvalue weighted by Gasteiger charge is 2.29. The molecular formula is C19H18N3+. The van der Waals surface area contributed by atoms with Crippen molar-refractivity contribution in [2.24, 2.45) is 7.05 Å². The Morgan fingerprint density at radius 1 is 0.955 bits per heavy atom. The van der Waals surface area contributed by atoms with Gasteiger partial charge < -0.3 is 0 Å². The van der Waals surface area contributed by atoms with E-state index in [4.69, 9.17) is 4.98 Å². The highest BCUT2D eigenvalue weighted by atomic mass is 15.0. The van der Waals surface area contributed by atoms with Gasteiger partial charge in [0.05, 0.1) is 24.5 Å². The number of aromatic nitrogens is 3. The van der Waals surface area contributed by atoms with E-state index in [9.17, 15) is 0 Å². The number of rotatable bonds is 1. The summed E-state index contributed by atoms with van der Waals surface area (Å²) in [6.45, 7) is 4.17. The topological polar surface area (TPSA) is 29.7 Å². The van der Waals surface area contributed by atoms with Crippen molar-refractivity contribution in [2.75, 3.05) is 0 Å². The van der Waals surface area contributed by atoms with Crippen molar-refractivity contribution in [3.05, 3.63) is 65.1 Å². The summed E-state index contributed by atoms with van der Waals surface area (Å²) in [6.07, 6.45) is 3.07. The summed E-state index contributed by atoms with van der Waals surface area (Å²) in [5.41, 5.74) is 8.15. The molecule has 1 aliphatic rings. The monoisotopic (exact) mass is 288 g/mol. The summed E-state index contributed by atoms with van der Waals surface area (Å²) >= 11 is 0. The number of benzene rings is 1. The average Bonchev–Trinajstić information content (AvgIpc) is 2.83. The van der Waals surface area contributed by atoms with Gasteiger partial charge in [0.25, 0.3) is 0 Å². The van der Waals surface area contributed by atoms with E-state index in [1.165, 1.54) is 22.3 Å². The van der Waals surface area contributed by atoms with Gasteiger partial charge >= 0.3 is 5.82 Å². The Balaban J connectivity index is 1.94. The molecule has 3 nitrogen and oxygen atoms in total. The summed E-state index contributed by atoms with van der Waals surface area (Å²) in [4.78, 5) is 9.65. The van der Waals surface area contributed by atoms with E-state index >= 15 is 0 Å². The van der Waals surface area contributed by atoms with Crippen molar-refractivity contribution in [2.45, 2.75) is 20.3 Å². The first-order valence-electron chi connectivity index (χ1n) is 7.56. The molecule has 0 atom stereocenters. The van der Waals surface area contributed by atoms with Crippen molar-refractivity contribution in [3.8, 4) is 22.6 Å². The van der Waals surface area contributed by atoms with Crippen LogP contribution in [0.15, 0.2) is 42.6 Å². The Hall–Kier alpha value is -2.55. The van der Waals surface area contributed by atoms with Crippen LogP contribution in [0.2, 0.25) is 0 Å². The third kappa shape index (κ3) is 1.93. The largest absolute Gasteiger partial charge is 0.331 e. The maximum absolute atomic E-state index is 4.98. The number of fused-ring (bicyclic) bond motifs is 3. The highest BCUT2D eigenvalue weighted by Crippen LogP contribution is 2.34. The lowest BCUT2D eigenvalue weighted by molar-refractivity contribution is -0.663. The van der Waals surface area contributed by atoms with Crippen molar-refractivity contribution in [1.29, 1.82) is 0 Å². The maximum atomic E-state index is 4.98. The van der Waals surface area contributed by atoms with Gasteiger partial charge in [-0.25, -0.2) is 4.57 Å². The van der Waals surface area contributed by atoms with Gasteiger partial charge in [0.2, 0.25) is 0 Å². The van der Waals surface area contributed by atoms with Crippen LogP contribution in [0.5, 0.6) is 0 Å². The van der Waals surface area contributed by atoms with E-state index in [2.05, 4.69) is 66.1 Å². The van der Waals surface area contributed by atoms with Gasteiger partial charge in [-0.1, -0.05) is 18.2 Å². The van der Waals surface area contributed by atoms with Gasteiger partial charge in [-0.15, -0.1) is 0 Å². The van der Waals surface area contributed by atoms with E-state index in [1.807, 2.05) is 6.92 Å². The van der Waals surface area contributed by atoms with Crippen molar-refractivity contribution in [1.82, 2.24) is 9.97 Å². The zero-order chi connectivity index (χ0) is 15.3. The smallest absolute Gasteiger partial charge is 0.257 e. The quantitative estimate of drug-likeness (QED) is 0.504. The number of hydrogen-bond donors (Lipinski definition) is 0. The van der Waals surface area contributed by atoms with Crippen LogP contribution in [0.1, 0.15) is 22.5 Å². The van der Waals surface area contributed by atoms with E-state index in [1.54, 1.807) is 0 Å². The summed E-state index contributed by atoms with van der Waals surface area (Å²) < 4.78 is 2.12. The molecule has 22 heavy (non-hydrogen) atoms. The molecule has 0 saturated carbocycles. The first-order valence-corrected chi connectivity index (χ1v) is 7.56. The van der Waals surface area contributed by atoms with E-state index in [0.717, 1.165) is 29.3 Å². The summed E-state index contributed by atoms with van der Waals surface area (Å²) in [6, 6.07) is 12.6. The zero-order valence-corrected chi connectivity index (χ0v) is 13.1. The SMILES string of the molecule is Cc1ccc2c(n1)Cc1c[n+](C)c(-c3ccccc3C)nc1-2. The zero-order valence-electron chi connectivity index (χ0n) is 13.1. The first kappa shape index (κ1) is 13.1. The second-order valence-corrected chi connectivity index (χ2v) is 5.99. The minimum Gasteiger partial charge on any atom is -0.257 e. The molecule has 0 spiro atoms. The molecule has 0 radical (unpaired) electrons. The molecule has 2 heterocycles. The fourth-order valence-corrected chi connectivity index (χ4v) is 3.19. The van der Waals surface area contributed by atoms with Gasteiger partial charge in [-0.2, -0.15) is 0 Å². The molecule has 0 unspecified atom stereocenters. The molecule has 4 rings (SSSR count). The van der Waals surface area contributed by atoms with Crippen LogP contribution in [-0.2, 0) is 13.5 Å². The van der Waals surface area contributed by atoms with E-state index in [-0.39, 0.29) is 0 Å². The van der Waals surface area contributed by atoms with Crippen molar-refractivity contribution in [3.63, 3.8) is 0 Å². The van der Waals surface area contributed by atoms with Crippen molar-refractivity contribution < 1.29 is 4.57 Å². The molecule has 3 heteroatoms. The Bertz CT molecular complexity index is 897. The van der Waals surface area contributed by atoms with Gasteiger partial charge in [-0.05, 0) is 42.6 Å².